The Bertz CT molecular complexity index is 783. The van der Waals surface area contributed by atoms with Crippen molar-refractivity contribution < 1.29 is 4.74 Å². The summed E-state index contributed by atoms with van der Waals surface area (Å²) in [4.78, 5) is 8.80. The summed E-state index contributed by atoms with van der Waals surface area (Å²) < 4.78 is 7.15. The Balaban J connectivity index is 2.05. The minimum absolute atomic E-state index is 0.0261. The average Bonchev–Trinajstić information content (AvgIpc) is 2.95. The molecule has 0 amide bonds. The molecule has 1 atom stereocenters. The van der Waals surface area contributed by atoms with Gasteiger partial charge in [0, 0.05) is 17.8 Å². The zero-order chi connectivity index (χ0) is 15.0. The normalized spacial score (nSPS) is 12.6. The van der Waals surface area contributed by atoms with Gasteiger partial charge in [-0.3, -0.25) is 4.98 Å². The van der Waals surface area contributed by atoms with E-state index in [2.05, 4.69) is 16.9 Å². The summed E-state index contributed by atoms with van der Waals surface area (Å²) in [6.07, 6.45) is 5.21. The molecule has 0 aromatic carbocycles. The van der Waals surface area contributed by atoms with Crippen LogP contribution in [0.2, 0.25) is 10.0 Å². The van der Waals surface area contributed by atoms with E-state index >= 15 is 0 Å². The smallest absolute Gasteiger partial charge is 0.142 e. The number of rotatable bonds is 3. The molecule has 0 bridgehead atoms. The Kier molecular flexibility index (Phi) is 3.74. The van der Waals surface area contributed by atoms with E-state index in [1.165, 1.54) is 0 Å². The number of methoxy groups -OCH3 is 1. The number of fused-ring (bicyclic) bond motifs is 1. The molecule has 3 aromatic heterocycles. The zero-order valence-electron chi connectivity index (χ0n) is 11.5. The summed E-state index contributed by atoms with van der Waals surface area (Å²) in [5.41, 5.74) is 1.70. The molecule has 0 N–H and O–H groups in total. The SMILES string of the molecule is COc1ccc(C(C)n2ccc3c(Cl)c(Cl)cnc32)nc1. The van der Waals surface area contributed by atoms with Gasteiger partial charge in [0.1, 0.15) is 11.4 Å². The third kappa shape index (κ3) is 2.45. The molecule has 0 aliphatic carbocycles. The summed E-state index contributed by atoms with van der Waals surface area (Å²) in [7, 11) is 1.62. The third-order valence-corrected chi connectivity index (χ3v) is 4.26. The van der Waals surface area contributed by atoms with Gasteiger partial charge in [-0.1, -0.05) is 23.2 Å². The van der Waals surface area contributed by atoms with Crippen molar-refractivity contribution in [2.24, 2.45) is 0 Å². The summed E-state index contributed by atoms with van der Waals surface area (Å²) in [5.74, 6) is 0.733. The van der Waals surface area contributed by atoms with Crippen LogP contribution in [-0.4, -0.2) is 21.6 Å². The van der Waals surface area contributed by atoms with Gasteiger partial charge in [0.15, 0.2) is 0 Å². The lowest BCUT2D eigenvalue weighted by molar-refractivity contribution is 0.412. The molecule has 6 heteroatoms. The van der Waals surface area contributed by atoms with Gasteiger partial charge < -0.3 is 9.30 Å². The van der Waals surface area contributed by atoms with E-state index in [1.807, 2.05) is 29.0 Å². The van der Waals surface area contributed by atoms with Crippen LogP contribution in [0.3, 0.4) is 0 Å². The Morgan fingerprint density at radius 1 is 1.14 bits per heavy atom. The van der Waals surface area contributed by atoms with E-state index in [0.29, 0.717) is 10.0 Å². The molecular formula is C15H13Cl2N3O. The second kappa shape index (κ2) is 5.54. The monoisotopic (exact) mass is 321 g/mol. The van der Waals surface area contributed by atoms with Crippen molar-refractivity contribution in [1.82, 2.24) is 14.5 Å². The topological polar surface area (TPSA) is 39.9 Å². The Hall–Kier alpha value is -1.78. The molecule has 0 fully saturated rings. The average molecular weight is 322 g/mol. The second-order valence-electron chi connectivity index (χ2n) is 4.68. The molecule has 3 aromatic rings. The summed E-state index contributed by atoms with van der Waals surface area (Å²) in [6.45, 7) is 2.05. The quantitative estimate of drug-likeness (QED) is 0.719. The fraction of sp³-hybridized carbons (Fsp3) is 0.200. The molecule has 21 heavy (non-hydrogen) atoms. The van der Waals surface area contributed by atoms with E-state index in [-0.39, 0.29) is 6.04 Å². The maximum absolute atomic E-state index is 6.21. The van der Waals surface area contributed by atoms with Crippen LogP contribution in [-0.2, 0) is 0 Å². The number of pyridine rings is 2. The molecular weight excluding hydrogens is 309 g/mol. The predicted molar refractivity (Wildman–Crippen MR) is 84.4 cm³/mol. The van der Waals surface area contributed by atoms with Gasteiger partial charge in [0.05, 0.1) is 35.1 Å². The molecule has 3 heterocycles. The third-order valence-electron chi connectivity index (χ3n) is 3.47. The van der Waals surface area contributed by atoms with Gasteiger partial charge in [-0.05, 0) is 25.1 Å². The molecule has 0 saturated heterocycles. The lowest BCUT2D eigenvalue weighted by Gasteiger charge is -2.14. The second-order valence-corrected chi connectivity index (χ2v) is 5.46. The first-order chi connectivity index (χ1) is 10.1. The fourth-order valence-corrected chi connectivity index (χ4v) is 2.61. The highest BCUT2D eigenvalue weighted by atomic mass is 35.5. The van der Waals surface area contributed by atoms with E-state index in [4.69, 9.17) is 27.9 Å². The summed E-state index contributed by atoms with van der Waals surface area (Å²) >= 11 is 12.2. The molecule has 108 valence electrons. The lowest BCUT2D eigenvalue weighted by Crippen LogP contribution is -2.08. The number of ether oxygens (including phenoxy) is 1. The van der Waals surface area contributed by atoms with E-state index < -0.39 is 0 Å². The van der Waals surface area contributed by atoms with Crippen molar-refractivity contribution in [3.63, 3.8) is 0 Å². The molecule has 4 nitrogen and oxygen atoms in total. The molecule has 1 unspecified atom stereocenters. The number of hydrogen-bond donors (Lipinski definition) is 0. The zero-order valence-corrected chi connectivity index (χ0v) is 13.1. The Morgan fingerprint density at radius 3 is 2.62 bits per heavy atom. The van der Waals surface area contributed by atoms with Crippen LogP contribution in [0, 0.1) is 0 Å². The van der Waals surface area contributed by atoms with Crippen LogP contribution in [0.4, 0.5) is 0 Å². The molecule has 0 aliphatic heterocycles. The van der Waals surface area contributed by atoms with Gasteiger partial charge in [0.25, 0.3) is 0 Å². The first kappa shape index (κ1) is 14.2. The first-order valence-electron chi connectivity index (χ1n) is 6.42. The van der Waals surface area contributed by atoms with Crippen LogP contribution in [0.15, 0.2) is 36.8 Å². The van der Waals surface area contributed by atoms with Gasteiger partial charge >= 0.3 is 0 Å². The number of halogens is 2. The molecule has 0 saturated carbocycles. The Morgan fingerprint density at radius 2 is 1.95 bits per heavy atom. The van der Waals surface area contributed by atoms with Crippen molar-refractivity contribution in [1.29, 1.82) is 0 Å². The van der Waals surface area contributed by atoms with E-state index in [0.717, 1.165) is 22.5 Å². The van der Waals surface area contributed by atoms with Crippen LogP contribution >= 0.6 is 23.2 Å². The van der Waals surface area contributed by atoms with Crippen molar-refractivity contribution in [2.75, 3.05) is 7.11 Å². The van der Waals surface area contributed by atoms with Crippen molar-refractivity contribution in [3.8, 4) is 5.75 Å². The van der Waals surface area contributed by atoms with Crippen molar-refractivity contribution in [2.45, 2.75) is 13.0 Å². The van der Waals surface area contributed by atoms with Gasteiger partial charge in [-0.2, -0.15) is 0 Å². The van der Waals surface area contributed by atoms with Crippen LogP contribution in [0.5, 0.6) is 5.75 Å². The summed E-state index contributed by atoms with van der Waals surface area (Å²) in [5, 5.41) is 1.82. The van der Waals surface area contributed by atoms with Crippen LogP contribution < -0.4 is 4.74 Å². The fourth-order valence-electron chi connectivity index (χ4n) is 2.26. The maximum Gasteiger partial charge on any atom is 0.142 e. The van der Waals surface area contributed by atoms with Crippen LogP contribution in [0.1, 0.15) is 18.7 Å². The standard InChI is InChI=1S/C15H13Cl2N3O/c1-9(13-4-3-10(21-2)7-18-13)20-6-5-11-14(17)12(16)8-19-15(11)20/h3-9H,1-2H3. The largest absolute Gasteiger partial charge is 0.495 e. The molecule has 3 rings (SSSR count). The molecule has 0 aliphatic rings. The molecule has 0 spiro atoms. The van der Waals surface area contributed by atoms with E-state index in [1.54, 1.807) is 19.5 Å². The van der Waals surface area contributed by atoms with Crippen LogP contribution in [0.25, 0.3) is 11.0 Å². The highest BCUT2D eigenvalue weighted by Crippen LogP contribution is 2.32. The molecule has 0 radical (unpaired) electrons. The van der Waals surface area contributed by atoms with Crippen molar-refractivity contribution >= 4 is 34.2 Å². The number of nitrogens with zero attached hydrogens (tertiary/aromatic N) is 3. The first-order valence-corrected chi connectivity index (χ1v) is 7.18. The highest BCUT2D eigenvalue weighted by Gasteiger charge is 2.15. The number of hydrogen-bond acceptors (Lipinski definition) is 3. The minimum Gasteiger partial charge on any atom is -0.495 e. The van der Waals surface area contributed by atoms with Crippen molar-refractivity contribution in [3.05, 3.63) is 52.5 Å². The Labute approximate surface area is 132 Å². The van der Waals surface area contributed by atoms with Gasteiger partial charge in [-0.15, -0.1) is 0 Å². The van der Waals surface area contributed by atoms with E-state index in [9.17, 15) is 0 Å². The lowest BCUT2D eigenvalue weighted by atomic mass is 10.2. The highest BCUT2D eigenvalue weighted by molar-refractivity contribution is 6.44. The maximum atomic E-state index is 6.21. The summed E-state index contributed by atoms with van der Waals surface area (Å²) in [6, 6.07) is 5.77. The van der Waals surface area contributed by atoms with Gasteiger partial charge in [0.2, 0.25) is 0 Å². The number of aromatic nitrogens is 3. The minimum atomic E-state index is 0.0261. The predicted octanol–water partition coefficient (Wildman–Crippen LogP) is 4.36. The van der Waals surface area contributed by atoms with Gasteiger partial charge in [-0.25, -0.2) is 4.98 Å².